The molecule has 12 rings (SSSR count). The smallest absolute Gasteiger partial charge is 0.314 e. The molecule has 3 aliphatic carbocycles. The number of allylic oxidation sites excluding steroid dienone is 6. The molecule has 0 spiro atoms. The Morgan fingerprint density at radius 2 is 0.989 bits per heavy atom. The fourth-order valence-corrected chi connectivity index (χ4v) is 15.1. The van der Waals surface area contributed by atoms with Crippen LogP contribution in [-0.4, -0.2) is 140 Å². The quantitative estimate of drug-likeness (QED) is 0.0497. The maximum atomic E-state index is 12.8. The molecule has 3 aromatic carbocycles. The molecule has 94 heavy (non-hydrogen) atoms. The molecule has 6 aromatic rings. The first-order chi connectivity index (χ1) is 45.1. The average Bonchev–Trinajstić information content (AvgIpc) is 0.897. The van der Waals surface area contributed by atoms with Crippen LogP contribution in [0.1, 0.15) is 171 Å². The second-order valence-electron chi connectivity index (χ2n) is 23.4. The van der Waals surface area contributed by atoms with Gasteiger partial charge in [0.05, 0.1) is 25.2 Å². The molecule has 31 heteroatoms. The van der Waals surface area contributed by atoms with Crippen LogP contribution < -0.4 is 34.8 Å². The summed E-state index contributed by atoms with van der Waals surface area (Å²) in [5, 5.41) is 27.7. The van der Waals surface area contributed by atoms with Gasteiger partial charge in [0.25, 0.3) is 48.2 Å². The zero-order valence-corrected chi connectivity index (χ0v) is 54.1. The summed E-state index contributed by atoms with van der Waals surface area (Å²) >= 11 is 0. The molecule has 0 saturated carbocycles. The number of aromatic amines is 3. The van der Waals surface area contributed by atoms with Crippen molar-refractivity contribution >= 4 is 93.8 Å². The Morgan fingerprint density at radius 3 is 1.39 bits per heavy atom. The van der Waals surface area contributed by atoms with Gasteiger partial charge in [0.1, 0.15) is 11.8 Å². The number of benzene rings is 3. The molecule has 492 valence electrons. The number of hydrogen-bond donors (Lipinski definition) is 11. The standard InChI is InChI=1S/C22H26N6O3S.C21H24N6O4S.C20H22N6O3S/c1-27-13-17(14-28(2)32(27,30)31)16-8-9-20(19(10-16)15-6-4-3-5-7-15)26-22(29)21-24-12-18(11-23)25-21;1-22-19-11-23-20(27-19)21(29)26-18-7-14(12-28)16(15-9-24-32(30,31)25-10-15)8-17(18)13-5-3-2-4-6-13;1-21-18-12-22-19(26-18)20(27)25-17-8-7-14(15-10-23-30(28,29)24-11-15)9-16(17)13-5-3-2-4-6-13/h6,8-10,12,17H,3-5,7,13-14H2,1-2H3,(H,24,25)(H,26,29);5,7-8,11,15,24-25,28H,2-4,6,9-10,12H2,(H,23,27)(H,26,29);5,7-9,12,15,23-24H,2-4,6,10-11H2,(H,22,26)(H,25,27). The van der Waals surface area contributed by atoms with E-state index in [0.29, 0.717) is 48.8 Å². The molecule has 3 fully saturated rings. The SMILES string of the molecule is CN1CC(c2ccc(NC(=O)c3ncc(C#N)[nH]3)c(C3=CCCCC3)c2)CN(C)S1(=O)=O.[C-]#[N+]c1cnc(C(=O)Nc2cc(CO)c(C3CNS(=O)(=O)NC3)cc2C2=CCCCC2)[nH]1.[C-]#[N+]c1cnc(C(=O)Nc2ccc(C3CNS(=O)(=O)NC3)cc2C2=CCCCC2)[nH]1. The number of aliphatic hydroxyl groups excluding tert-OH is 1. The van der Waals surface area contributed by atoms with Crippen LogP contribution in [0.15, 0.2) is 85.3 Å². The van der Waals surface area contributed by atoms with E-state index in [4.69, 9.17) is 18.4 Å². The van der Waals surface area contributed by atoms with Gasteiger partial charge in [-0.1, -0.05) is 43.5 Å². The van der Waals surface area contributed by atoms with Gasteiger partial charge in [0.2, 0.25) is 11.6 Å². The predicted octanol–water partition coefficient (Wildman–Crippen LogP) is 7.57. The van der Waals surface area contributed by atoms with Crippen molar-refractivity contribution in [2.24, 2.45) is 0 Å². The molecule has 0 radical (unpaired) electrons. The summed E-state index contributed by atoms with van der Waals surface area (Å²) in [4.78, 5) is 64.5. The summed E-state index contributed by atoms with van der Waals surface area (Å²) < 4.78 is 83.9. The number of imidazole rings is 3. The lowest BCUT2D eigenvalue weighted by molar-refractivity contribution is 0.101. The van der Waals surface area contributed by atoms with Crippen LogP contribution in [0.2, 0.25) is 0 Å². The fraction of sp³-hybridized carbons (Fsp3) is 0.381. The topological polar surface area (TPSA) is 383 Å². The highest BCUT2D eigenvalue weighted by Crippen LogP contribution is 2.39. The Hall–Kier alpha value is -9.04. The van der Waals surface area contributed by atoms with Gasteiger partial charge in [-0.2, -0.15) is 39.1 Å². The molecule has 28 nitrogen and oxygen atoms in total. The zero-order valence-electron chi connectivity index (χ0n) is 51.7. The number of rotatable bonds is 13. The molecule has 3 amide bonds. The second-order valence-corrected chi connectivity index (χ2v) is 28.7. The summed E-state index contributed by atoms with van der Waals surface area (Å²) in [7, 11) is -7.12. The van der Waals surface area contributed by atoms with Gasteiger partial charge in [0, 0.05) is 105 Å². The van der Waals surface area contributed by atoms with Gasteiger partial charge in [-0.3, -0.25) is 24.4 Å². The number of carbonyl (C=O) groups is 3. The number of amides is 3. The van der Waals surface area contributed by atoms with Gasteiger partial charge in [0.15, 0.2) is 5.82 Å². The Labute approximate surface area is 545 Å². The molecule has 3 aromatic heterocycles. The van der Waals surface area contributed by atoms with Crippen molar-refractivity contribution in [3.05, 3.63) is 170 Å². The summed E-state index contributed by atoms with van der Waals surface area (Å²) in [6, 6.07) is 17.3. The van der Waals surface area contributed by atoms with E-state index >= 15 is 0 Å². The van der Waals surface area contributed by atoms with Gasteiger partial charge >= 0.3 is 11.8 Å². The predicted molar refractivity (Wildman–Crippen MR) is 354 cm³/mol. The van der Waals surface area contributed by atoms with E-state index in [9.17, 15) is 44.7 Å². The third-order valence-corrected chi connectivity index (χ3v) is 21.2. The monoisotopic (exact) mass is 1340 g/mol. The lowest BCUT2D eigenvalue weighted by Gasteiger charge is -2.36. The summed E-state index contributed by atoms with van der Waals surface area (Å²) in [5.41, 5.74) is 11.7. The van der Waals surface area contributed by atoms with Crippen molar-refractivity contribution in [2.75, 3.05) is 69.3 Å². The molecule has 3 aliphatic heterocycles. The Kier molecular flexibility index (Phi) is 21.6. The maximum absolute atomic E-state index is 12.8. The number of H-pyrrole nitrogens is 3. The fourth-order valence-electron chi connectivity index (χ4n) is 12.0. The molecule has 0 atom stereocenters. The first-order valence-corrected chi connectivity index (χ1v) is 35.0. The molecular formula is C63H72N18O10S3. The third-order valence-electron chi connectivity index (χ3n) is 17.1. The largest absolute Gasteiger partial charge is 0.392 e. The van der Waals surface area contributed by atoms with Crippen LogP contribution in [0.3, 0.4) is 0 Å². The first kappa shape index (κ1) is 67.8. The van der Waals surface area contributed by atoms with Gasteiger partial charge in [-0.15, -0.1) is 0 Å². The molecule has 6 aliphatic rings. The van der Waals surface area contributed by atoms with Crippen LogP contribution in [0, 0.1) is 24.5 Å². The highest BCUT2D eigenvalue weighted by Gasteiger charge is 2.35. The first-order valence-electron chi connectivity index (χ1n) is 30.7. The minimum absolute atomic E-state index is 0.00693. The van der Waals surface area contributed by atoms with E-state index in [1.54, 1.807) is 20.2 Å². The van der Waals surface area contributed by atoms with Gasteiger partial charge < -0.3 is 35.7 Å². The summed E-state index contributed by atoms with van der Waals surface area (Å²) in [6.07, 6.45) is 22.7. The minimum atomic E-state index is -3.49. The molecule has 11 N–H and O–H groups in total. The van der Waals surface area contributed by atoms with Crippen LogP contribution in [0.25, 0.3) is 26.4 Å². The van der Waals surface area contributed by atoms with E-state index in [1.165, 1.54) is 38.3 Å². The van der Waals surface area contributed by atoms with E-state index in [1.807, 2.05) is 42.5 Å². The highest BCUT2D eigenvalue weighted by atomic mass is 32.2. The molecule has 6 heterocycles. The normalized spacial score (nSPS) is 19.1. The molecule has 3 saturated heterocycles. The number of carbonyl (C=O) groups excluding carboxylic acids is 3. The van der Waals surface area contributed by atoms with E-state index < -0.39 is 48.3 Å². The van der Waals surface area contributed by atoms with Crippen LogP contribution in [-0.2, 0) is 37.2 Å². The number of aromatic nitrogens is 6. The minimum Gasteiger partial charge on any atom is -0.392 e. The van der Waals surface area contributed by atoms with Crippen molar-refractivity contribution in [3.8, 4) is 6.07 Å². The van der Waals surface area contributed by atoms with E-state index in [0.717, 1.165) is 116 Å². The average molecular weight is 1340 g/mol. The molecule has 0 unspecified atom stereocenters. The van der Waals surface area contributed by atoms with Gasteiger partial charge in [-0.05, 0) is 152 Å². The Bertz CT molecular complexity index is 4410. The Balaban J connectivity index is 0.000000154. The molecular weight excluding hydrogens is 1270 g/mol. The van der Waals surface area contributed by atoms with Crippen molar-refractivity contribution in [1.29, 1.82) is 5.26 Å². The number of nitriles is 1. The Morgan fingerprint density at radius 1 is 0.574 bits per heavy atom. The maximum Gasteiger partial charge on any atom is 0.314 e. The van der Waals surface area contributed by atoms with Crippen molar-refractivity contribution in [3.63, 3.8) is 0 Å². The summed E-state index contributed by atoms with van der Waals surface area (Å²) in [5.74, 6) is -0.906. The van der Waals surface area contributed by atoms with Crippen LogP contribution in [0.5, 0.6) is 0 Å². The van der Waals surface area contributed by atoms with Crippen LogP contribution >= 0.6 is 0 Å². The number of hydrogen-bond acceptors (Lipinski definition) is 14. The van der Waals surface area contributed by atoms with Gasteiger partial charge in [-0.25, -0.2) is 33.8 Å². The van der Waals surface area contributed by atoms with E-state index in [2.05, 4.69) is 98.7 Å². The summed E-state index contributed by atoms with van der Waals surface area (Å²) in [6.45, 7) is 15.7. The highest BCUT2D eigenvalue weighted by molar-refractivity contribution is 7.87. The number of anilines is 3. The second kappa shape index (κ2) is 29.9. The number of likely N-dealkylation sites (N-methyl/N-ethyl adjacent to an activating group) is 2. The van der Waals surface area contributed by atoms with Crippen LogP contribution in [0.4, 0.5) is 28.7 Å². The zero-order chi connectivity index (χ0) is 66.7. The number of nitrogens with one attached hydrogen (secondary N) is 10. The van der Waals surface area contributed by atoms with Crippen molar-refractivity contribution < 1.29 is 44.7 Å². The van der Waals surface area contributed by atoms with Crippen molar-refractivity contribution in [2.45, 2.75) is 101 Å². The lowest BCUT2D eigenvalue weighted by Crippen LogP contribution is -2.49. The van der Waals surface area contributed by atoms with Crippen molar-refractivity contribution in [1.82, 2.24) is 57.4 Å². The number of aliphatic hydroxyl groups is 1. The van der Waals surface area contributed by atoms with E-state index in [-0.39, 0.29) is 72.3 Å². The third kappa shape index (κ3) is 16.5. The number of nitrogens with zero attached hydrogens (tertiary/aromatic N) is 8. The molecule has 0 bridgehead atoms. The lowest BCUT2D eigenvalue weighted by atomic mass is 9.86.